The number of rotatable bonds is 5. The van der Waals surface area contributed by atoms with E-state index in [1.807, 2.05) is 0 Å². The van der Waals surface area contributed by atoms with Crippen molar-refractivity contribution in [2.45, 2.75) is 12.9 Å². The van der Waals surface area contributed by atoms with Gasteiger partial charge in [-0.05, 0) is 23.8 Å². The number of benzene rings is 1. The molecule has 0 saturated heterocycles. The molecule has 0 atom stereocenters. The van der Waals surface area contributed by atoms with Crippen LogP contribution in [0.3, 0.4) is 0 Å². The number of pyridine rings is 1. The molecule has 0 unspecified atom stereocenters. The van der Waals surface area contributed by atoms with Crippen LogP contribution in [0, 0.1) is 0 Å². The van der Waals surface area contributed by atoms with Crippen LogP contribution in [0.4, 0.5) is 13.2 Å². The number of aromatic nitrogens is 1. The zero-order valence-corrected chi connectivity index (χ0v) is 11.9. The summed E-state index contributed by atoms with van der Waals surface area (Å²) < 4.78 is 40.8. The van der Waals surface area contributed by atoms with E-state index in [9.17, 15) is 18.0 Å². The molecule has 0 spiro atoms. The first-order valence-electron chi connectivity index (χ1n) is 6.63. The van der Waals surface area contributed by atoms with E-state index in [1.165, 1.54) is 24.3 Å². The lowest BCUT2D eigenvalue weighted by Crippen LogP contribution is -2.22. The number of carbonyl (C=O) groups is 1. The van der Waals surface area contributed by atoms with Crippen LogP contribution in [0.25, 0.3) is 6.08 Å². The van der Waals surface area contributed by atoms with Crippen molar-refractivity contribution in [1.82, 2.24) is 10.3 Å². The van der Waals surface area contributed by atoms with E-state index in [2.05, 4.69) is 15.0 Å². The van der Waals surface area contributed by atoms with Gasteiger partial charge in [-0.2, -0.15) is 0 Å². The molecule has 7 heteroatoms. The monoisotopic (exact) mass is 322 g/mol. The normalized spacial score (nSPS) is 11.4. The zero-order chi connectivity index (χ0) is 16.7. The van der Waals surface area contributed by atoms with E-state index in [-0.39, 0.29) is 17.9 Å². The number of para-hydroxylation sites is 1. The summed E-state index contributed by atoms with van der Waals surface area (Å²) in [4.78, 5) is 15.6. The SMILES string of the molecule is O=C(/C=C/c1cccnc1)NCc1ccccc1OC(F)(F)F. The maximum Gasteiger partial charge on any atom is 0.573 e. The van der Waals surface area contributed by atoms with Crippen LogP contribution in [0.1, 0.15) is 11.1 Å². The quantitative estimate of drug-likeness (QED) is 0.859. The van der Waals surface area contributed by atoms with Crippen molar-refractivity contribution in [3.05, 3.63) is 66.0 Å². The third-order valence-corrected chi connectivity index (χ3v) is 2.76. The number of halogens is 3. The molecule has 1 amide bonds. The van der Waals surface area contributed by atoms with Gasteiger partial charge >= 0.3 is 6.36 Å². The summed E-state index contributed by atoms with van der Waals surface area (Å²) in [5, 5.41) is 2.50. The highest BCUT2D eigenvalue weighted by atomic mass is 19.4. The van der Waals surface area contributed by atoms with Crippen molar-refractivity contribution in [1.29, 1.82) is 0 Å². The summed E-state index contributed by atoms with van der Waals surface area (Å²) in [6.45, 7) is -0.0809. The smallest absolute Gasteiger partial charge is 0.405 e. The minimum Gasteiger partial charge on any atom is -0.405 e. The van der Waals surface area contributed by atoms with Crippen LogP contribution in [0.15, 0.2) is 54.9 Å². The molecule has 2 aromatic rings. The summed E-state index contributed by atoms with van der Waals surface area (Å²) in [6.07, 6.45) is 1.25. The van der Waals surface area contributed by atoms with E-state index in [0.29, 0.717) is 0 Å². The molecule has 0 aliphatic rings. The number of ether oxygens (including phenoxy) is 1. The van der Waals surface area contributed by atoms with Gasteiger partial charge in [0.05, 0.1) is 0 Å². The summed E-state index contributed by atoms with van der Waals surface area (Å²) in [5.74, 6) is -0.771. The Labute approximate surface area is 130 Å². The van der Waals surface area contributed by atoms with E-state index in [0.717, 1.165) is 5.56 Å². The lowest BCUT2D eigenvalue weighted by atomic mass is 10.2. The fourth-order valence-corrected chi connectivity index (χ4v) is 1.76. The second-order valence-corrected chi connectivity index (χ2v) is 4.49. The van der Waals surface area contributed by atoms with Gasteiger partial charge in [-0.25, -0.2) is 0 Å². The molecule has 0 saturated carbocycles. The highest BCUT2D eigenvalue weighted by Crippen LogP contribution is 2.26. The molecule has 120 valence electrons. The average molecular weight is 322 g/mol. The molecular formula is C16H13F3N2O2. The summed E-state index contributed by atoms with van der Waals surface area (Å²) in [5.41, 5.74) is 0.969. The van der Waals surface area contributed by atoms with Crippen LogP contribution >= 0.6 is 0 Å². The van der Waals surface area contributed by atoms with Crippen LogP contribution < -0.4 is 10.1 Å². The van der Waals surface area contributed by atoms with Crippen molar-refractivity contribution in [2.75, 3.05) is 0 Å². The molecule has 0 bridgehead atoms. The molecule has 0 fully saturated rings. The lowest BCUT2D eigenvalue weighted by molar-refractivity contribution is -0.274. The van der Waals surface area contributed by atoms with Crippen molar-refractivity contribution in [3.63, 3.8) is 0 Å². The Bertz CT molecular complexity index is 685. The maximum absolute atomic E-state index is 12.3. The summed E-state index contributed by atoms with van der Waals surface area (Å²) in [7, 11) is 0. The first kappa shape index (κ1) is 16.5. The number of alkyl halides is 3. The van der Waals surface area contributed by atoms with Gasteiger partial charge in [0.2, 0.25) is 5.91 Å². The molecule has 1 aromatic heterocycles. The Hall–Kier alpha value is -2.83. The highest BCUT2D eigenvalue weighted by molar-refractivity contribution is 5.91. The Morgan fingerprint density at radius 1 is 1.22 bits per heavy atom. The number of hydrogen-bond donors (Lipinski definition) is 1. The van der Waals surface area contributed by atoms with Gasteiger partial charge in [-0.3, -0.25) is 9.78 Å². The van der Waals surface area contributed by atoms with E-state index < -0.39 is 12.3 Å². The number of nitrogens with zero attached hydrogens (tertiary/aromatic N) is 1. The summed E-state index contributed by atoms with van der Waals surface area (Å²) in [6, 6.07) is 9.13. The molecule has 0 radical (unpaired) electrons. The first-order valence-corrected chi connectivity index (χ1v) is 6.63. The molecule has 4 nitrogen and oxygen atoms in total. The second-order valence-electron chi connectivity index (χ2n) is 4.49. The van der Waals surface area contributed by atoms with Crippen molar-refractivity contribution >= 4 is 12.0 Å². The molecule has 1 aromatic carbocycles. The molecule has 2 rings (SSSR count). The van der Waals surface area contributed by atoms with Crippen LogP contribution in [-0.2, 0) is 11.3 Å². The van der Waals surface area contributed by atoms with E-state index in [1.54, 1.807) is 36.7 Å². The Morgan fingerprint density at radius 3 is 2.70 bits per heavy atom. The maximum atomic E-state index is 12.3. The minimum atomic E-state index is -4.78. The molecule has 23 heavy (non-hydrogen) atoms. The molecule has 1 heterocycles. The predicted molar refractivity (Wildman–Crippen MR) is 78.2 cm³/mol. The van der Waals surface area contributed by atoms with Gasteiger partial charge in [0.25, 0.3) is 0 Å². The molecule has 0 aliphatic carbocycles. The fraction of sp³-hybridized carbons (Fsp3) is 0.125. The number of nitrogens with one attached hydrogen (secondary N) is 1. The van der Waals surface area contributed by atoms with Gasteiger partial charge in [0, 0.05) is 30.6 Å². The Kier molecular flexibility index (Phi) is 5.35. The summed E-state index contributed by atoms with van der Waals surface area (Å²) >= 11 is 0. The fourth-order valence-electron chi connectivity index (χ4n) is 1.76. The standard InChI is InChI=1S/C16H13F3N2O2/c17-16(18,19)23-14-6-2-1-5-13(14)11-21-15(22)8-7-12-4-3-9-20-10-12/h1-10H,11H2,(H,21,22)/b8-7+. The van der Waals surface area contributed by atoms with Gasteiger partial charge in [0.1, 0.15) is 5.75 Å². The predicted octanol–water partition coefficient (Wildman–Crippen LogP) is 3.31. The average Bonchev–Trinajstić information content (AvgIpc) is 2.51. The molecule has 1 N–H and O–H groups in total. The van der Waals surface area contributed by atoms with E-state index >= 15 is 0 Å². The first-order chi connectivity index (χ1) is 10.9. The molecule has 0 aliphatic heterocycles. The largest absolute Gasteiger partial charge is 0.573 e. The number of carbonyl (C=O) groups excluding carboxylic acids is 1. The minimum absolute atomic E-state index is 0.0809. The van der Waals surface area contributed by atoms with Crippen LogP contribution in [0.5, 0.6) is 5.75 Å². The van der Waals surface area contributed by atoms with Crippen LogP contribution in [-0.4, -0.2) is 17.3 Å². The molecular weight excluding hydrogens is 309 g/mol. The van der Waals surface area contributed by atoms with Crippen molar-refractivity contribution in [2.24, 2.45) is 0 Å². The van der Waals surface area contributed by atoms with Crippen LogP contribution in [0.2, 0.25) is 0 Å². The lowest BCUT2D eigenvalue weighted by Gasteiger charge is -2.13. The Morgan fingerprint density at radius 2 is 2.00 bits per heavy atom. The zero-order valence-electron chi connectivity index (χ0n) is 11.9. The topological polar surface area (TPSA) is 51.2 Å². The van der Waals surface area contributed by atoms with Crippen molar-refractivity contribution in [3.8, 4) is 5.75 Å². The second kappa shape index (κ2) is 7.44. The van der Waals surface area contributed by atoms with Crippen molar-refractivity contribution < 1.29 is 22.7 Å². The van der Waals surface area contributed by atoms with Gasteiger partial charge < -0.3 is 10.1 Å². The van der Waals surface area contributed by atoms with E-state index in [4.69, 9.17) is 0 Å². The Balaban J connectivity index is 1.95. The van der Waals surface area contributed by atoms with Gasteiger partial charge in [-0.15, -0.1) is 13.2 Å². The number of hydrogen-bond acceptors (Lipinski definition) is 3. The third-order valence-electron chi connectivity index (χ3n) is 2.76. The number of amides is 1. The van der Waals surface area contributed by atoms with Gasteiger partial charge in [0.15, 0.2) is 0 Å². The third kappa shape index (κ3) is 5.82. The highest BCUT2D eigenvalue weighted by Gasteiger charge is 2.31. The van der Waals surface area contributed by atoms with Gasteiger partial charge in [-0.1, -0.05) is 24.3 Å².